The third kappa shape index (κ3) is 4.44. The number of hydrogen-bond acceptors (Lipinski definition) is 3. The smallest absolute Gasteiger partial charge is 0.339 e. The van der Waals surface area contributed by atoms with Crippen molar-refractivity contribution < 1.29 is 23.5 Å². The summed E-state index contributed by atoms with van der Waals surface area (Å²) in [6.07, 6.45) is 0.461. The molecule has 1 aromatic heterocycles. The van der Waals surface area contributed by atoms with Gasteiger partial charge in [0.15, 0.2) is 0 Å². The van der Waals surface area contributed by atoms with Crippen LogP contribution < -0.4 is 5.32 Å². The second-order valence-electron chi connectivity index (χ2n) is 5.56. The minimum absolute atomic E-state index is 0.0865. The van der Waals surface area contributed by atoms with E-state index in [0.29, 0.717) is 22.4 Å². The van der Waals surface area contributed by atoms with Crippen LogP contribution in [0.2, 0.25) is 0 Å². The summed E-state index contributed by atoms with van der Waals surface area (Å²) in [5.74, 6) is -1.24. The Hall–Kier alpha value is -2.15. The van der Waals surface area contributed by atoms with Gasteiger partial charge in [-0.15, -0.1) is 0 Å². The van der Waals surface area contributed by atoms with Gasteiger partial charge < -0.3 is 14.8 Å². The average molecular weight is 398 g/mol. The van der Waals surface area contributed by atoms with Gasteiger partial charge in [-0.25, -0.2) is 9.18 Å². The molecule has 1 aromatic carbocycles. The van der Waals surface area contributed by atoms with Crippen LogP contribution in [-0.2, 0) is 17.8 Å². The summed E-state index contributed by atoms with van der Waals surface area (Å²) in [7, 11) is 0. The molecule has 1 amide bonds. The first kappa shape index (κ1) is 18.2. The second-order valence-corrected chi connectivity index (χ2v) is 6.41. The lowest BCUT2D eigenvalue weighted by atomic mass is 10.0. The minimum Gasteiger partial charge on any atom is -0.478 e. The second kappa shape index (κ2) is 7.61. The Kier molecular flexibility index (Phi) is 5.77. The molecule has 0 bridgehead atoms. The van der Waals surface area contributed by atoms with Crippen LogP contribution in [0.15, 0.2) is 33.2 Å². The van der Waals surface area contributed by atoms with Crippen molar-refractivity contribution >= 4 is 27.8 Å². The highest BCUT2D eigenvalue weighted by molar-refractivity contribution is 9.10. The Labute approximate surface area is 147 Å². The van der Waals surface area contributed by atoms with Crippen LogP contribution in [0, 0.1) is 18.7 Å². The Balaban J connectivity index is 1.93. The Morgan fingerprint density at radius 1 is 1.38 bits per heavy atom. The Morgan fingerprint density at radius 3 is 2.67 bits per heavy atom. The predicted octanol–water partition coefficient (Wildman–Crippen LogP) is 3.68. The Morgan fingerprint density at radius 2 is 2.08 bits per heavy atom. The molecule has 0 aliphatic heterocycles. The van der Waals surface area contributed by atoms with Crippen LogP contribution in [0.5, 0.6) is 0 Å². The number of nitrogens with one attached hydrogen (secondary N) is 1. The van der Waals surface area contributed by atoms with Gasteiger partial charge in [-0.1, -0.05) is 13.0 Å². The first-order valence-corrected chi connectivity index (χ1v) is 8.11. The van der Waals surface area contributed by atoms with E-state index in [1.54, 1.807) is 26.0 Å². The monoisotopic (exact) mass is 397 g/mol. The molecule has 0 saturated carbocycles. The van der Waals surface area contributed by atoms with Crippen molar-refractivity contribution in [1.29, 1.82) is 0 Å². The molecule has 1 unspecified atom stereocenters. The van der Waals surface area contributed by atoms with Crippen molar-refractivity contribution in [3.63, 3.8) is 0 Å². The number of halogens is 2. The number of hydrogen-bond donors (Lipinski definition) is 2. The standard InChI is InChI=1S/C17H17BrFNO4/c1-9(5-11-3-4-15(19)14(18)6-11)16(21)20-8-12-7-13(17(22)23)10(2)24-12/h3-4,6-7,9H,5,8H2,1-2H3,(H,20,21)(H,22,23). The largest absolute Gasteiger partial charge is 0.478 e. The lowest BCUT2D eigenvalue weighted by Crippen LogP contribution is -2.29. The van der Waals surface area contributed by atoms with Crippen molar-refractivity contribution in [3.8, 4) is 0 Å². The van der Waals surface area contributed by atoms with Gasteiger partial charge in [0.1, 0.15) is 22.9 Å². The van der Waals surface area contributed by atoms with Crippen LogP contribution >= 0.6 is 15.9 Å². The maximum Gasteiger partial charge on any atom is 0.339 e. The number of aromatic carboxylic acids is 1. The molecule has 24 heavy (non-hydrogen) atoms. The van der Waals surface area contributed by atoms with Crippen molar-refractivity contribution in [1.82, 2.24) is 5.32 Å². The molecule has 7 heteroatoms. The molecule has 0 spiro atoms. The summed E-state index contributed by atoms with van der Waals surface area (Å²) in [4.78, 5) is 23.1. The zero-order chi connectivity index (χ0) is 17.9. The van der Waals surface area contributed by atoms with Crippen molar-refractivity contribution in [3.05, 3.63) is 57.2 Å². The summed E-state index contributed by atoms with van der Waals surface area (Å²) < 4.78 is 18.9. The number of furan rings is 1. The van der Waals surface area contributed by atoms with Crippen molar-refractivity contribution in [2.45, 2.75) is 26.8 Å². The van der Waals surface area contributed by atoms with Crippen molar-refractivity contribution in [2.24, 2.45) is 5.92 Å². The maximum atomic E-state index is 13.2. The molecule has 0 aliphatic rings. The fourth-order valence-corrected chi connectivity index (χ4v) is 2.73. The molecule has 128 valence electrons. The number of carboxylic acid groups (broad SMARTS) is 1. The highest BCUT2D eigenvalue weighted by atomic mass is 79.9. The fraction of sp³-hybridized carbons (Fsp3) is 0.294. The molecule has 2 aromatic rings. The molecular weight excluding hydrogens is 381 g/mol. The van der Waals surface area contributed by atoms with Gasteiger partial charge in [0, 0.05) is 5.92 Å². The molecule has 1 heterocycles. The van der Waals surface area contributed by atoms with E-state index in [-0.39, 0.29) is 29.8 Å². The van der Waals surface area contributed by atoms with E-state index in [9.17, 15) is 14.0 Å². The average Bonchev–Trinajstić information content (AvgIpc) is 2.89. The zero-order valence-electron chi connectivity index (χ0n) is 13.2. The van der Waals surface area contributed by atoms with Gasteiger partial charge in [0.05, 0.1) is 11.0 Å². The summed E-state index contributed by atoms with van der Waals surface area (Å²) in [5, 5.41) is 11.7. The number of carbonyl (C=O) groups excluding carboxylic acids is 1. The van der Waals surface area contributed by atoms with Gasteiger partial charge in [0.2, 0.25) is 5.91 Å². The van der Waals surface area contributed by atoms with Gasteiger partial charge in [0.25, 0.3) is 0 Å². The van der Waals surface area contributed by atoms with E-state index in [0.717, 1.165) is 5.56 Å². The van der Waals surface area contributed by atoms with E-state index in [4.69, 9.17) is 9.52 Å². The van der Waals surface area contributed by atoms with Gasteiger partial charge in [-0.05, 0) is 53.0 Å². The summed E-state index contributed by atoms with van der Waals surface area (Å²) in [5.41, 5.74) is 0.927. The van der Waals surface area contributed by atoms with Crippen LogP contribution in [0.3, 0.4) is 0 Å². The normalized spacial score (nSPS) is 12.0. The molecule has 0 radical (unpaired) electrons. The SMILES string of the molecule is Cc1oc(CNC(=O)C(C)Cc2ccc(F)c(Br)c2)cc1C(=O)O. The summed E-state index contributed by atoms with van der Waals surface area (Å²) in [6.45, 7) is 3.44. The first-order chi connectivity index (χ1) is 11.3. The summed E-state index contributed by atoms with van der Waals surface area (Å²) in [6, 6.07) is 6.04. The molecule has 0 aliphatic carbocycles. The topological polar surface area (TPSA) is 79.5 Å². The third-order valence-corrected chi connectivity index (χ3v) is 4.22. The van der Waals surface area contributed by atoms with Gasteiger partial charge in [-0.3, -0.25) is 4.79 Å². The molecule has 2 rings (SSSR count). The summed E-state index contributed by atoms with van der Waals surface area (Å²) >= 11 is 3.12. The van der Waals surface area contributed by atoms with Crippen LogP contribution in [0.1, 0.15) is 34.4 Å². The molecular formula is C17H17BrFNO4. The highest BCUT2D eigenvalue weighted by Gasteiger charge is 2.17. The van der Waals surface area contributed by atoms with Crippen LogP contribution in [0.4, 0.5) is 4.39 Å². The number of benzene rings is 1. The van der Waals surface area contributed by atoms with E-state index in [1.165, 1.54) is 12.1 Å². The lowest BCUT2D eigenvalue weighted by Gasteiger charge is -2.12. The van der Waals surface area contributed by atoms with E-state index in [1.807, 2.05) is 0 Å². The third-order valence-electron chi connectivity index (χ3n) is 3.61. The highest BCUT2D eigenvalue weighted by Crippen LogP contribution is 2.19. The van der Waals surface area contributed by atoms with Gasteiger partial charge in [-0.2, -0.15) is 0 Å². The molecule has 0 saturated heterocycles. The fourth-order valence-electron chi connectivity index (χ4n) is 2.30. The van der Waals surface area contributed by atoms with Crippen LogP contribution in [0.25, 0.3) is 0 Å². The lowest BCUT2D eigenvalue weighted by molar-refractivity contribution is -0.124. The minimum atomic E-state index is -1.07. The number of carboxylic acids is 1. The molecule has 5 nitrogen and oxygen atoms in total. The van der Waals surface area contributed by atoms with Crippen molar-refractivity contribution in [2.75, 3.05) is 0 Å². The number of rotatable bonds is 6. The van der Waals surface area contributed by atoms with E-state index < -0.39 is 5.97 Å². The maximum absolute atomic E-state index is 13.2. The van der Waals surface area contributed by atoms with Gasteiger partial charge >= 0.3 is 5.97 Å². The Bertz CT molecular complexity index is 772. The molecule has 2 N–H and O–H groups in total. The van der Waals surface area contributed by atoms with E-state index >= 15 is 0 Å². The van der Waals surface area contributed by atoms with E-state index in [2.05, 4.69) is 21.2 Å². The number of aryl methyl sites for hydroxylation is 1. The quantitative estimate of drug-likeness (QED) is 0.778. The predicted molar refractivity (Wildman–Crippen MR) is 89.2 cm³/mol. The number of amides is 1. The zero-order valence-corrected chi connectivity index (χ0v) is 14.8. The molecule has 0 fully saturated rings. The first-order valence-electron chi connectivity index (χ1n) is 7.32. The molecule has 1 atom stereocenters. The number of carbonyl (C=O) groups is 2. The van der Waals surface area contributed by atoms with Crippen LogP contribution in [-0.4, -0.2) is 17.0 Å².